The Labute approximate surface area is 180 Å². The molecule has 1 atom stereocenters. The molecule has 164 valence electrons. The number of nitrogens with zero attached hydrogens (tertiary/aromatic N) is 2. The van der Waals surface area contributed by atoms with E-state index in [0.29, 0.717) is 24.4 Å². The van der Waals surface area contributed by atoms with Crippen LogP contribution < -0.4 is 10.0 Å². The molecule has 0 radical (unpaired) electrons. The highest BCUT2D eigenvalue weighted by Gasteiger charge is 2.26. The maximum absolute atomic E-state index is 12.7. The number of halogens is 1. The van der Waals surface area contributed by atoms with Gasteiger partial charge < -0.3 is 15.0 Å². The summed E-state index contributed by atoms with van der Waals surface area (Å²) in [7, 11) is -3.93. The number of sulfonamides is 1. The molecule has 9 nitrogen and oxygen atoms in total. The lowest BCUT2D eigenvalue weighted by Crippen LogP contribution is -2.49. The number of benzene rings is 1. The lowest BCUT2D eigenvalue weighted by Gasteiger charge is -2.19. The summed E-state index contributed by atoms with van der Waals surface area (Å²) >= 11 is 5.81. The largest absolute Gasteiger partial charge is 0.481 e. The third kappa shape index (κ3) is 8.13. The van der Waals surface area contributed by atoms with Crippen LogP contribution in [0.1, 0.15) is 32.1 Å². The summed E-state index contributed by atoms with van der Waals surface area (Å²) in [5, 5.41) is 11.8. The van der Waals surface area contributed by atoms with E-state index in [1.54, 1.807) is 17.0 Å². The Kier molecular flexibility index (Phi) is 9.28. The molecule has 1 aromatic carbocycles. The molecule has 0 saturated carbocycles. The highest BCUT2D eigenvalue weighted by atomic mass is 35.5. The molecule has 1 aromatic heterocycles. The number of amides is 1. The van der Waals surface area contributed by atoms with Gasteiger partial charge in [-0.05, 0) is 37.1 Å². The highest BCUT2D eigenvalue weighted by Crippen LogP contribution is 2.14. The smallest absolute Gasteiger partial charge is 0.303 e. The number of hydrogen-bond acceptors (Lipinski definition) is 5. The molecule has 1 heterocycles. The molecule has 2 rings (SSSR count). The normalized spacial score (nSPS) is 12.4. The molecule has 11 heteroatoms. The number of carboxylic acids is 1. The maximum Gasteiger partial charge on any atom is 0.303 e. The van der Waals surface area contributed by atoms with E-state index in [2.05, 4.69) is 15.0 Å². The van der Waals surface area contributed by atoms with Gasteiger partial charge in [-0.2, -0.15) is 4.72 Å². The van der Waals surface area contributed by atoms with Crippen molar-refractivity contribution in [3.8, 4) is 0 Å². The van der Waals surface area contributed by atoms with Crippen LogP contribution in [0.5, 0.6) is 0 Å². The van der Waals surface area contributed by atoms with Crippen LogP contribution in [0.3, 0.4) is 0 Å². The number of imidazole rings is 1. The monoisotopic (exact) mass is 456 g/mol. The number of carbonyl (C=O) groups is 2. The number of nitrogens with one attached hydrogen (secondary N) is 2. The van der Waals surface area contributed by atoms with Crippen molar-refractivity contribution in [1.82, 2.24) is 19.6 Å². The van der Waals surface area contributed by atoms with Crippen molar-refractivity contribution in [1.29, 1.82) is 0 Å². The molecular formula is C19H25ClN4O5S. The van der Waals surface area contributed by atoms with Gasteiger partial charge in [0.05, 0.1) is 11.2 Å². The zero-order valence-electron chi connectivity index (χ0n) is 16.3. The van der Waals surface area contributed by atoms with E-state index < -0.39 is 27.9 Å². The minimum absolute atomic E-state index is 0.00811. The fraction of sp³-hybridized carbons (Fsp3) is 0.421. The second-order valence-electron chi connectivity index (χ2n) is 6.74. The number of rotatable bonds is 13. The van der Waals surface area contributed by atoms with Crippen LogP contribution in [-0.4, -0.2) is 47.5 Å². The van der Waals surface area contributed by atoms with E-state index >= 15 is 0 Å². The first-order chi connectivity index (χ1) is 14.3. The van der Waals surface area contributed by atoms with Crippen LogP contribution in [0.2, 0.25) is 5.02 Å². The molecular weight excluding hydrogens is 432 g/mol. The van der Waals surface area contributed by atoms with Crippen molar-refractivity contribution in [2.75, 3.05) is 6.54 Å². The molecule has 0 aliphatic heterocycles. The van der Waals surface area contributed by atoms with Crippen LogP contribution >= 0.6 is 11.6 Å². The van der Waals surface area contributed by atoms with Crippen LogP contribution in [0.15, 0.2) is 47.9 Å². The molecule has 0 spiro atoms. The maximum atomic E-state index is 12.7. The van der Waals surface area contributed by atoms with E-state index in [-0.39, 0.29) is 17.9 Å². The number of carboxylic acid groups (broad SMARTS) is 1. The average Bonchev–Trinajstić information content (AvgIpc) is 3.19. The summed E-state index contributed by atoms with van der Waals surface area (Å²) in [5.74, 6) is -1.27. The van der Waals surface area contributed by atoms with E-state index in [1.807, 2.05) is 0 Å². The van der Waals surface area contributed by atoms with Crippen molar-refractivity contribution in [2.45, 2.75) is 49.6 Å². The number of aliphatic carboxylic acids is 1. The Morgan fingerprint density at radius 2 is 1.83 bits per heavy atom. The van der Waals surface area contributed by atoms with Gasteiger partial charge in [0, 0.05) is 36.9 Å². The molecule has 2 aromatic rings. The Bertz CT molecular complexity index is 917. The van der Waals surface area contributed by atoms with Crippen molar-refractivity contribution in [2.24, 2.45) is 0 Å². The Morgan fingerprint density at radius 1 is 1.13 bits per heavy atom. The van der Waals surface area contributed by atoms with Gasteiger partial charge in [-0.1, -0.05) is 24.4 Å². The number of hydrogen-bond donors (Lipinski definition) is 3. The highest BCUT2D eigenvalue weighted by molar-refractivity contribution is 7.89. The van der Waals surface area contributed by atoms with Crippen molar-refractivity contribution < 1.29 is 23.1 Å². The van der Waals surface area contributed by atoms with Crippen molar-refractivity contribution in [3.05, 3.63) is 48.0 Å². The van der Waals surface area contributed by atoms with E-state index in [9.17, 15) is 18.0 Å². The van der Waals surface area contributed by atoms with Gasteiger partial charge in [0.1, 0.15) is 6.04 Å². The van der Waals surface area contributed by atoms with Gasteiger partial charge in [-0.15, -0.1) is 0 Å². The standard InChI is InChI=1S/C19H25ClN4O5S/c20-15-6-8-16(9-7-15)30(28,29)23-17(13-24-12-11-21-14-24)19(27)22-10-4-2-1-3-5-18(25)26/h6-9,11-12,14,17,23H,1-5,10,13H2,(H,22,27)(H,25,26). The lowest BCUT2D eigenvalue weighted by atomic mass is 10.1. The molecule has 0 fully saturated rings. The predicted molar refractivity (Wildman–Crippen MR) is 112 cm³/mol. The molecule has 0 aliphatic rings. The molecule has 0 bridgehead atoms. The second-order valence-corrected chi connectivity index (χ2v) is 8.89. The zero-order valence-corrected chi connectivity index (χ0v) is 17.9. The molecule has 30 heavy (non-hydrogen) atoms. The summed E-state index contributed by atoms with van der Waals surface area (Å²) in [6, 6.07) is 4.63. The lowest BCUT2D eigenvalue weighted by molar-refractivity contribution is -0.137. The summed E-state index contributed by atoms with van der Waals surface area (Å²) in [4.78, 5) is 27.1. The van der Waals surface area contributed by atoms with Gasteiger partial charge in [-0.3, -0.25) is 9.59 Å². The van der Waals surface area contributed by atoms with E-state index in [4.69, 9.17) is 16.7 Å². The third-order valence-corrected chi connectivity index (χ3v) is 6.05. The minimum atomic E-state index is -3.93. The first-order valence-electron chi connectivity index (χ1n) is 9.51. The second kappa shape index (κ2) is 11.7. The third-order valence-electron chi connectivity index (χ3n) is 4.31. The van der Waals surface area contributed by atoms with Gasteiger partial charge in [-0.25, -0.2) is 13.4 Å². The van der Waals surface area contributed by atoms with Crippen LogP contribution in [-0.2, 0) is 26.2 Å². The summed E-state index contributed by atoms with van der Waals surface area (Å²) in [6.07, 6.45) is 7.60. The number of carbonyl (C=O) groups excluding carboxylic acids is 1. The van der Waals surface area contributed by atoms with Gasteiger partial charge >= 0.3 is 5.97 Å². The van der Waals surface area contributed by atoms with Crippen LogP contribution in [0.4, 0.5) is 0 Å². The number of unbranched alkanes of at least 4 members (excludes halogenated alkanes) is 3. The predicted octanol–water partition coefficient (Wildman–Crippen LogP) is 2.03. The van der Waals surface area contributed by atoms with Crippen LogP contribution in [0, 0.1) is 0 Å². The topological polar surface area (TPSA) is 130 Å². The Morgan fingerprint density at radius 3 is 2.47 bits per heavy atom. The van der Waals surface area contributed by atoms with Crippen molar-refractivity contribution in [3.63, 3.8) is 0 Å². The Hall–Kier alpha value is -2.43. The van der Waals surface area contributed by atoms with E-state index in [1.165, 1.54) is 30.6 Å². The van der Waals surface area contributed by atoms with Gasteiger partial charge in [0.25, 0.3) is 0 Å². The molecule has 0 aliphatic carbocycles. The average molecular weight is 457 g/mol. The van der Waals surface area contributed by atoms with E-state index in [0.717, 1.165) is 12.8 Å². The van der Waals surface area contributed by atoms with Crippen LogP contribution in [0.25, 0.3) is 0 Å². The molecule has 1 amide bonds. The van der Waals surface area contributed by atoms with Gasteiger partial charge in [0.15, 0.2) is 0 Å². The fourth-order valence-corrected chi connectivity index (χ4v) is 4.05. The summed E-state index contributed by atoms with van der Waals surface area (Å²) < 4.78 is 29.4. The summed E-state index contributed by atoms with van der Waals surface area (Å²) in [5.41, 5.74) is 0. The van der Waals surface area contributed by atoms with Gasteiger partial charge in [0.2, 0.25) is 15.9 Å². The first kappa shape index (κ1) is 23.8. The van der Waals surface area contributed by atoms with Crippen molar-refractivity contribution >= 4 is 33.5 Å². The SMILES string of the molecule is O=C(O)CCCCCCNC(=O)C(Cn1ccnc1)NS(=O)(=O)c1ccc(Cl)cc1. The zero-order chi connectivity index (χ0) is 22.0. The fourth-order valence-electron chi connectivity index (χ4n) is 2.74. The minimum Gasteiger partial charge on any atom is -0.481 e. The first-order valence-corrected chi connectivity index (χ1v) is 11.4. The molecule has 1 unspecified atom stereocenters. The summed E-state index contributed by atoms with van der Waals surface area (Å²) in [6.45, 7) is 0.451. The Balaban J connectivity index is 1.94. The quantitative estimate of drug-likeness (QED) is 0.395. The number of aromatic nitrogens is 2. The molecule has 0 saturated heterocycles. The molecule has 3 N–H and O–H groups in total.